The molecule has 0 bridgehead atoms. The summed E-state index contributed by atoms with van der Waals surface area (Å²) in [6, 6.07) is 9.20. The van der Waals surface area contributed by atoms with E-state index in [9.17, 15) is 4.79 Å². The molecular weight excluding hydrogens is 288 g/mol. The highest BCUT2D eigenvalue weighted by atomic mass is 35.5. The van der Waals surface area contributed by atoms with Crippen LogP contribution in [0.1, 0.15) is 10.5 Å². The maximum Gasteiger partial charge on any atom is 0.271 e. The predicted octanol–water partition coefficient (Wildman–Crippen LogP) is 2.12. The van der Waals surface area contributed by atoms with Crippen molar-refractivity contribution < 1.29 is 4.79 Å². The van der Waals surface area contributed by atoms with E-state index in [-0.39, 0.29) is 5.91 Å². The predicted molar refractivity (Wildman–Crippen MR) is 82.4 cm³/mol. The van der Waals surface area contributed by atoms with Gasteiger partial charge in [0, 0.05) is 36.8 Å². The van der Waals surface area contributed by atoms with Crippen molar-refractivity contribution in [2.75, 3.05) is 33.2 Å². The third-order valence-electron chi connectivity index (χ3n) is 3.74. The van der Waals surface area contributed by atoms with E-state index in [0.29, 0.717) is 10.7 Å². The summed E-state index contributed by atoms with van der Waals surface area (Å²) in [6.07, 6.45) is 0. The van der Waals surface area contributed by atoms with Crippen molar-refractivity contribution in [1.29, 1.82) is 0 Å². The summed E-state index contributed by atoms with van der Waals surface area (Å²) in [5, 5.41) is 7.74. The SMILES string of the molecule is CN1CCN(C(=O)c2cc(-c3ccc(Cl)cc3)n[nH]2)CC1. The summed E-state index contributed by atoms with van der Waals surface area (Å²) in [5.74, 6) is 0.0100. The van der Waals surface area contributed by atoms with Gasteiger partial charge in [-0.3, -0.25) is 9.89 Å². The van der Waals surface area contributed by atoms with Crippen molar-refractivity contribution >= 4 is 17.5 Å². The number of halogens is 1. The molecule has 1 aromatic carbocycles. The zero-order chi connectivity index (χ0) is 14.8. The van der Waals surface area contributed by atoms with Gasteiger partial charge in [0.15, 0.2) is 0 Å². The highest BCUT2D eigenvalue weighted by Crippen LogP contribution is 2.20. The number of benzene rings is 1. The lowest BCUT2D eigenvalue weighted by Gasteiger charge is -2.31. The van der Waals surface area contributed by atoms with Gasteiger partial charge < -0.3 is 9.80 Å². The second-order valence-corrected chi connectivity index (χ2v) is 5.71. The first kappa shape index (κ1) is 14.1. The quantitative estimate of drug-likeness (QED) is 0.924. The number of hydrogen-bond donors (Lipinski definition) is 1. The lowest BCUT2D eigenvalue weighted by atomic mass is 10.1. The number of nitrogens with one attached hydrogen (secondary N) is 1. The number of nitrogens with zero attached hydrogens (tertiary/aromatic N) is 3. The van der Waals surface area contributed by atoms with Crippen LogP contribution in [0, 0.1) is 0 Å². The molecule has 0 aliphatic carbocycles. The first-order valence-corrected chi connectivity index (χ1v) is 7.30. The zero-order valence-electron chi connectivity index (χ0n) is 11.8. The number of rotatable bonds is 2. The van der Waals surface area contributed by atoms with E-state index in [4.69, 9.17) is 11.6 Å². The van der Waals surface area contributed by atoms with Crippen LogP contribution in [0.2, 0.25) is 5.02 Å². The van der Waals surface area contributed by atoms with Gasteiger partial charge in [0.1, 0.15) is 5.69 Å². The molecule has 0 atom stereocenters. The number of carbonyl (C=O) groups excluding carboxylic acids is 1. The average Bonchev–Trinajstić information content (AvgIpc) is 2.98. The highest BCUT2D eigenvalue weighted by Gasteiger charge is 2.22. The molecule has 21 heavy (non-hydrogen) atoms. The van der Waals surface area contributed by atoms with Crippen LogP contribution in [0.5, 0.6) is 0 Å². The molecular formula is C15H17ClN4O. The topological polar surface area (TPSA) is 52.2 Å². The Morgan fingerprint density at radius 3 is 2.52 bits per heavy atom. The number of aromatic nitrogens is 2. The van der Waals surface area contributed by atoms with E-state index in [2.05, 4.69) is 22.1 Å². The van der Waals surface area contributed by atoms with Crippen molar-refractivity contribution in [3.8, 4) is 11.3 Å². The van der Waals surface area contributed by atoms with E-state index >= 15 is 0 Å². The van der Waals surface area contributed by atoms with E-state index in [1.54, 1.807) is 6.07 Å². The molecule has 3 rings (SSSR count). The number of piperazine rings is 1. The molecule has 0 saturated carbocycles. The van der Waals surface area contributed by atoms with Crippen molar-refractivity contribution in [3.05, 3.63) is 41.0 Å². The molecule has 1 N–H and O–H groups in total. The third kappa shape index (κ3) is 3.09. The first-order chi connectivity index (χ1) is 10.1. The van der Waals surface area contributed by atoms with E-state index in [1.807, 2.05) is 29.2 Å². The van der Waals surface area contributed by atoms with Crippen LogP contribution in [-0.4, -0.2) is 59.1 Å². The summed E-state index contributed by atoms with van der Waals surface area (Å²) in [6.45, 7) is 3.32. The maximum atomic E-state index is 12.4. The second-order valence-electron chi connectivity index (χ2n) is 5.27. The molecule has 110 valence electrons. The van der Waals surface area contributed by atoms with Crippen molar-refractivity contribution in [2.45, 2.75) is 0 Å². The third-order valence-corrected chi connectivity index (χ3v) is 3.99. The Bertz CT molecular complexity index is 629. The molecule has 2 heterocycles. The summed E-state index contributed by atoms with van der Waals surface area (Å²) in [4.78, 5) is 16.5. The van der Waals surface area contributed by atoms with Gasteiger partial charge >= 0.3 is 0 Å². The van der Waals surface area contributed by atoms with Crippen LogP contribution in [0.3, 0.4) is 0 Å². The summed E-state index contributed by atoms with van der Waals surface area (Å²) in [7, 11) is 2.07. The Hall–Kier alpha value is -1.85. The van der Waals surface area contributed by atoms with Gasteiger partial charge in [-0.05, 0) is 25.2 Å². The van der Waals surface area contributed by atoms with Gasteiger partial charge in [-0.2, -0.15) is 5.10 Å². The Labute approximate surface area is 128 Å². The van der Waals surface area contributed by atoms with Crippen molar-refractivity contribution in [2.24, 2.45) is 0 Å². The van der Waals surface area contributed by atoms with Gasteiger partial charge in [0.05, 0.1) is 5.69 Å². The Morgan fingerprint density at radius 1 is 1.19 bits per heavy atom. The van der Waals surface area contributed by atoms with Crippen LogP contribution in [0.15, 0.2) is 30.3 Å². The zero-order valence-corrected chi connectivity index (χ0v) is 12.6. The molecule has 2 aromatic rings. The van der Waals surface area contributed by atoms with Crippen LogP contribution in [0.25, 0.3) is 11.3 Å². The molecule has 1 saturated heterocycles. The number of carbonyl (C=O) groups is 1. The second kappa shape index (κ2) is 5.87. The summed E-state index contributed by atoms with van der Waals surface area (Å²) >= 11 is 5.88. The first-order valence-electron chi connectivity index (χ1n) is 6.92. The smallest absolute Gasteiger partial charge is 0.271 e. The molecule has 1 fully saturated rings. The number of hydrogen-bond acceptors (Lipinski definition) is 3. The van der Waals surface area contributed by atoms with Gasteiger partial charge in [0.25, 0.3) is 5.91 Å². The Kier molecular flexibility index (Phi) is 3.94. The highest BCUT2D eigenvalue weighted by molar-refractivity contribution is 6.30. The van der Waals surface area contributed by atoms with E-state index in [1.165, 1.54) is 0 Å². The molecule has 5 nitrogen and oxygen atoms in total. The average molecular weight is 305 g/mol. The fourth-order valence-corrected chi connectivity index (χ4v) is 2.51. The minimum Gasteiger partial charge on any atom is -0.335 e. The van der Waals surface area contributed by atoms with Crippen LogP contribution < -0.4 is 0 Å². The maximum absolute atomic E-state index is 12.4. The van der Waals surface area contributed by atoms with Crippen molar-refractivity contribution in [1.82, 2.24) is 20.0 Å². The monoisotopic (exact) mass is 304 g/mol. The van der Waals surface area contributed by atoms with Crippen LogP contribution in [-0.2, 0) is 0 Å². The summed E-state index contributed by atoms with van der Waals surface area (Å²) in [5.41, 5.74) is 2.22. The Morgan fingerprint density at radius 2 is 1.86 bits per heavy atom. The molecule has 1 aliphatic heterocycles. The van der Waals surface area contributed by atoms with E-state index < -0.39 is 0 Å². The van der Waals surface area contributed by atoms with Crippen LogP contribution >= 0.6 is 11.6 Å². The molecule has 0 spiro atoms. The van der Waals surface area contributed by atoms with Crippen molar-refractivity contribution in [3.63, 3.8) is 0 Å². The van der Waals surface area contributed by atoms with Gasteiger partial charge in [0.2, 0.25) is 0 Å². The van der Waals surface area contributed by atoms with Gasteiger partial charge in [-0.1, -0.05) is 23.7 Å². The minimum atomic E-state index is 0.0100. The van der Waals surface area contributed by atoms with E-state index in [0.717, 1.165) is 37.4 Å². The minimum absolute atomic E-state index is 0.0100. The van der Waals surface area contributed by atoms with Crippen LogP contribution in [0.4, 0.5) is 0 Å². The lowest BCUT2D eigenvalue weighted by Crippen LogP contribution is -2.47. The normalized spacial score (nSPS) is 16.2. The van der Waals surface area contributed by atoms with Gasteiger partial charge in [-0.25, -0.2) is 0 Å². The molecule has 1 aromatic heterocycles. The fourth-order valence-electron chi connectivity index (χ4n) is 2.38. The number of likely N-dealkylation sites (N-methyl/N-ethyl adjacent to an activating group) is 1. The largest absolute Gasteiger partial charge is 0.335 e. The van der Waals surface area contributed by atoms with Gasteiger partial charge in [-0.15, -0.1) is 0 Å². The molecule has 0 radical (unpaired) electrons. The molecule has 6 heteroatoms. The lowest BCUT2D eigenvalue weighted by molar-refractivity contribution is 0.0658. The number of amides is 1. The Balaban J connectivity index is 1.75. The standard InChI is InChI=1S/C15H17ClN4O/c1-19-6-8-20(9-7-19)15(21)14-10-13(17-18-14)11-2-4-12(16)5-3-11/h2-5,10H,6-9H2,1H3,(H,17,18). The molecule has 0 unspecified atom stereocenters. The summed E-state index contributed by atoms with van der Waals surface area (Å²) < 4.78 is 0. The number of H-pyrrole nitrogens is 1. The fraction of sp³-hybridized carbons (Fsp3) is 0.333. The molecule has 1 aliphatic rings. The number of aromatic amines is 1. The molecule has 1 amide bonds.